The summed E-state index contributed by atoms with van der Waals surface area (Å²) in [6.07, 6.45) is 3.24. The first kappa shape index (κ1) is 13.0. The highest BCUT2D eigenvalue weighted by molar-refractivity contribution is 7.13. The molecule has 0 aliphatic carbocycles. The number of pyridine rings is 1. The van der Waals surface area contributed by atoms with E-state index in [1.807, 2.05) is 30.8 Å². The molecule has 110 valence electrons. The van der Waals surface area contributed by atoms with Crippen LogP contribution in [0.15, 0.2) is 42.0 Å². The molecule has 1 aliphatic heterocycles. The first-order valence-corrected chi connectivity index (χ1v) is 7.70. The highest BCUT2D eigenvalue weighted by atomic mass is 32.1. The minimum Gasteiger partial charge on any atom is -0.345 e. The van der Waals surface area contributed by atoms with Crippen LogP contribution in [-0.4, -0.2) is 20.7 Å². The van der Waals surface area contributed by atoms with Crippen molar-refractivity contribution in [2.75, 3.05) is 5.32 Å². The van der Waals surface area contributed by atoms with Crippen LogP contribution in [0.25, 0.3) is 10.6 Å². The molecule has 3 aromatic heterocycles. The van der Waals surface area contributed by atoms with Crippen molar-refractivity contribution in [1.82, 2.24) is 20.1 Å². The van der Waals surface area contributed by atoms with Crippen molar-refractivity contribution in [3.8, 4) is 10.6 Å². The van der Waals surface area contributed by atoms with Gasteiger partial charge in [-0.25, -0.2) is 4.98 Å². The number of thiophene rings is 1. The van der Waals surface area contributed by atoms with Crippen LogP contribution in [0.4, 0.5) is 5.82 Å². The van der Waals surface area contributed by atoms with E-state index in [0.29, 0.717) is 11.4 Å². The number of aryl methyl sites for hydroxylation is 1. The van der Waals surface area contributed by atoms with Crippen LogP contribution in [0.3, 0.4) is 0 Å². The molecule has 0 unspecified atom stereocenters. The molecule has 0 fully saturated rings. The van der Waals surface area contributed by atoms with Gasteiger partial charge in [0.15, 0.2) is 0 Å². The normalized spacial score (nSPS) is 16.8. The third-order valence-corrected chi connectivity index (χ3v) is 4.41. The molecular weight excluding hydrogens is 298 g/mol. The van der Waals surface area contributed by atoms with E-state index in [9.17, 15) is 4.79 Å². The van der Waals surface area contributed by atoms with Gasteiger partial charge in [-0.1, -0.05) is 6.07 Å². The molecule has 0 spiro atoms. The molecule has 22 heavy (non-hydrogen) atoms. The Kier molecular flexibility index (Phi) is 2.93. The van der Waals surface area contributed by atoms with Crippen molar-refractivity contribution in [3.63, 3.8) is 0 Å². The Bertz CT molecular complexity index is 840. The van der Waals surface area contributed by atoms with Gasteiger partial charge in [0.1, 0.15) is 17.7 Å². The van der Waals surface area contributed by atoms with Gasteiger partial charge in [0.25, 0.3) is 5.91 Å². The molecule has 2 N–H and O–H groups in total. The van der Waals surface area contributed by atoms with Gasteiger partial charge in [-0.15, -0.1) is 11.3 Å². The topological polar surface area (TPSA) is 71.8 Å². The van der Waals surface area contributed by atoms with E-state index in [2.05, 4.69) is 20.7 Å². The van der Waals surface area contributed by atoms with Gasteiger partial charge in [-0.05, 0) is 23.6 Å². The van der Waals surface area contributed by atoms with Crippen molar-refractivity contribution in [1.29, 1.82) is 0 Å². The second kappa shape index (κ2) is 4.96. The molecule has 0 saturated heterocycles. The van der Waals surface area contributed by atoms with E-state index < -0.39 is 0 Å². The predicted molar refractivity (Wildman–Crippen MR) is 84.6 cm³/mol. The Balaban J connectivity index is 1.77. The summed E-state index contributed by atoms with van der Waals surface area (Å²) < 4.78 is 1.76. The number of rotatable bonds is 2. The van der Waals surface area contributed by atoms with Crippen LogP contribution in [0.2, 0.25) is 0 Å². The summed E-state index contributed by atoms with van der Waals surface area (Å²) in [4.78, 5) is 17.6. The molecular formula is C15H13N5OS. The average molecular weight is 311 g/mol. The fourth-order valence-electron chi connectivity index (χ4n) is 2.56. The van der Waals surface area contributed by atoms with Crippen LogP contribution < -0.4 is 10.6 Å². The number of nitrogens with zero attached hydrogens (tertiary/aromatic N) is 3. The maximum absolute atomic E-state index is 12.3. The smallest absolute Gasteiger partial charge is 0.256 e. The number of carbonyl (C=O) groups is 1. The van der Waals surface area contributed by atoms with E-state index >= 15 is 0 Å². The Morgan fingerprint density at radius 2 is 2.18 bits per heavy atom. The monoisotopic (exact) mass is 311 g/mol. The minimum absolute atomic E-state index is 0.132. The van der Waals surface area contributed by atoms with Gasteiger partial charge < -0.3 is 10.6 Å². The van der Waals surface area contributed by atoms with Crippen molar-refractivity contribution < 1.29 is 4.79 Å². The number of aromatic nitrogens is 3. The predicted octanol–water partition coefficient (Wildman–Crippen LogP) is 2.40. The second-order valence-electron chi connectivity index (χ2n) is 5.03. The molecule has 3 aromatic rings. The Morgan fingerprint density at radius 3 is 3.00 bits per heavy atom. The van der Waals surface area contributed by atoms with E-state index in [4.69, 9.17) is 0 Å². The van der Waals surface area contributed by atoms with Crippen molar-refractivity contribution >= 4 is 23.1 Å². The van der Waals surface area contributed by atoms with Crippen molar-refractivity contribution in [3.05, 3.63) is 53.2 Å². The lowest BCUT2D eigenvalue weighted by molar-refractivity contribution is 0.0935. The fraction of sp³-hybridized carbons (Fsp3) is 0.133. The highest BCUT2D eigenvalue weighted by Crippen LogP contribution is 2.32. The number of hydrogen-bond acceptors (Lipinski definition) is 5. The van der Waals surface area contributed by atoms with Gasteiger partial charge in [-0.2, -0.15) is 5.10 Å². The van der Waals surface area contributed by atoms with E-state index in [1.54, 1.807) is 34.3 Å². The summed E-state index contributed by atoms with van der Waals surface area (Å²) in [5.41, 5.74) is 2.35. The lowest BCUT2D eigenvalue weighted by Gasteiger charge is -2.26. The number of nitrogens with one attached hydrogen (secondary N) is 2. The zero-order chi connectivity index (χ0) is 15.1. The zero-order valence-electron chi connectivity index (χ0n) is 11.8. The van der Waals surface area contributed by atoms with Gasteiger partial charge >= 0.3 is 0 Å². The standard InChI is InChI=1S/C15H13N5OS/c1-20-8-10(12(19-20)11-5-3-7-22-11)14-17-13-9(15(21)18-14)4-2-6-16-13/h2-8,14H,1H3,(H,16,17)(H,18,21)/t14-/m0/s1. The largest absolute Gasteiger partial charge is 0.345 e. The summed E-state index contributed by atoms with van der Waals surface area (Å²) >= 11 is 1.62. The van der Waals surface area contributed by atoms with Crippen LogP contribution in [0.5, 0.6) is 0 Å². The fourth-order valence-corrected chi connectivity index (χ4v) is 3.29. The number of carbonyl (C=O) groups excluding carboxylic acids is 1. The lowest BCUT2D eigenvalue weighted by atomic mass is 10.1. The number of hydrogen-bond donors (Lipinski definition) is 2. The zero-order valence-corrected chi connectivity index (χ0v) is 12.6. The first-order valence-electron chi connectivity index (χ1n) is 6.82. The van der Waals surface area contributed by atoms with Crippen LogP contribution in [-0.2, 0) is 7.05 Å². The number of fused-ring (bicyclic) bond motifs is 1. The van der Waals surface area contributed by atoms with Crippen LogP contribution in [0, 0.1) is 0 Å². The second-order valence-corrected chi connectivity index (χ2v) is 5.98. The molecule has 0 radical (unpaired) electrons. The summed E-state index contributed by atoms with van der Waals surface area (Å²) in [7, 11) is 1.87. The van der Waals surface area contributed by atoms with Gasteiger partial charge in [-0.3, -0.25) is 9.48 Å². The summed E-state index contributed by atoms with van der Waals surface area (Å²) in [5.74, 6) is 0.463. The average Bonchev–Trinajstić information content (AvgIpc) is 3.16. The molecule has 1 atom stereocenters. The molecule has 0 aromatic carbocycles. The van der Waals surface area contributed by atoms with Crippen LogP contribution in [0.1, 0.15) is 22.1 Å². The van der Waals surface area contributed by atoms with Crippen molar-refractivity contribution in [2.45, 2.75) is 6.17 Å². The van der Waals surface area contributed by atoms with E-state index in [-0.39, 0.29) is 12.1 Å². The van der Waals surface area contributed by atoms with Crippen LogP contribution >= 0.6 is 11.3 Å². The molecule has 0 bridgehead atoms. The summed E-state index contributed by atoms with van der Waals surface area (Å²) in [5, 5.41) is 12.8. The minimum atomic E-state index is -0.347. The Labute approximate surface area is 130 Å². The lowest BCUT2D eigenvalue weighted by Crippen LogP contribution is -2.38. The third kappa shape index (κ3) is 2.06. The number of amides is 1. The quantitative estimate of drug-likeness (QED) is 0.762. The van der Waals surface area contributed by atoms with E-state index in [0.717, 1.165) is 16.1 Å². The molecule has 4 heterocycles. The summed E-state index contributed by atoms with van der Waals surface area (Å²) in [6.45, 7) is 0. The Morgan fingerprint density at radius 1 is 1.27 bits per heavy atom. The highest BCUT2D eigenvalue weighted by Gasteiger charge is 2.28. The third-order valence-electron chi connectivity index (χ3n) is 3.53. The molecule has 6 nitrogen and oxygen atoms in total. The first-order chi connectivity index (χ1) is 10.7. The summed E-state index contributed by atoms with van der Waals surface area (Å²) in [6, 6.07) is 7.52. The SMILES string of the molecule is Cn1cc([C@@H]2NC(=O)c3cccnc3N2)c(-c2cccs2)n1. The molecule has 0 saturated carbocycles. The molecule has 4 rings (SSSR count). The van der Waals surface area contributed by atoms with Gasteiger partial charge in [0, 0.05) is 25.0 Å². The molecule has 1 amide bonds. The molecule has 7 heteroatoms. The van der Waals surface area contributed by atoms with E-state index in [1.165, 1.54) is 0 Å². The maximum atomic E-state index is 12.3. The number of anilines is 1. The maximum Gasteiger partial charge on any atom is 0.256 e. The Hall–Kier alpha value is -2.67. The van der Waals surface area contributed by atoms with Crippen molar-refractivity contribution in [2.24, 2.45) is 7.05 Å². The van der Waals surface area contributed by atoms with Gasteiger partial charge in [0.2, 0.25) is 0 Å². The molecule has 1 aliphatic rings. The van der Waals surface area contributed by atoms with Gasteiger partial charge in [0.05, 0.1) is 10.4 Å².